The summed E-state index contributed by atoms with van der Waals surface area (Å²) in [4.78, 5) is 31.5. The lowest BCUT2D eigenvalue weighted by atomic mass is 10.1. The summed E-state index contributed by atoms with van der Waals surface area (Å²) in [6.07, 6.45) is 1.55. The second-order valence-corrected chi connectivity index (χ2v) is 7.00. The first-order chi connectivity index (χ1) is 13.4. The van der Waals surface area contributed by atoms with E-state index in [0.29, 0.717) is 21.6 Å². The summed E-state index contributed by atoms with van der Waals surface area (Å²) in [5.74, 6) is -0.288. The van der Waals surface area contributed by atoms with Crippen LogP contribution in [0.25, 0.3) is 10.9 Å². The molecule has 0 aliphatic carbocycles. The van der Waals surface area contributed by atoms with E-state index in [1.54, 1.807) is 18.2 Å². The Morgan fingerprint density at radius 2 is 2.00 bits per heavy atom. The number of rotatable bonds is 5. The normalized spacial score (nSPS) is 10.6. The van der Waals surface area contributed by atoms with Crippen molar-refractivity contribution in [1.82, 2.24) is 9.55 Å². The maximum absolute atomic E-state index is 13.0. The molecule has 28 heavy (non-hydrogen) atoms. The second kappa shape index (κ2) is 8.24. The third kappa shape index (κ3) is 4.05. The third-order valence-electron chi connectivity index (χ3n) is 4.64. The summed E-state index contributed by atoms with van der Waals surface area (Å²) in [7, 11) is 0. The molecule has 7 heteroatoms. The first-order valence-corrected chi connectivity index (χ1v) is 9.18. The van der Waals surface area contributed by atoms with Crippen LogP contribution in [0.5, 0.6) is 0 Å². The highest BCUT2D eigenvalue weighted by molar-refractivity contribution is 6.31. The second-order valence-electron chi connectivity index (χ2n) is 6.56. The number of nitrogens with zero attached hydrogens (tertiary/aromatic N) is 4. The number of anilines is 1. The lowest BCUT2D eigenvalue weighted by Gasteiger charge is -2.23. The summed E-state index contributed by atoms with van der Waals surface area (Å²) in [6.45, 7) is 4.03. The summed E-state index contributed by atoms with van der Waals surface area (Å²) in [6, 6.07) is 12.6. The molecular weight excluding hydrogens is 376 g/mol. The fourth-order valence-electron chi connectivity index (χ4n) is 2.93. The van der Waals surface area contributed by atoms with Crippen LogP contribution >= 0.6 is 11.6 Å². The maximum atomic E-state index is 13.0. The smallest absolute Gasteiger partial charge is 0.261 e. The highest BCUT2D eigenvalue weighted by atomic mass is 35.5. The van der Waals surface area contributed by atoms with Crippen molar-refractivity contribution in [3.63, 3.8) is 0 Å². The lowest BCUT2D eigenvalue weighted by molar-refractivity contribution is -0.119. The molecule has 1 aromatic heterocycles. The van der Waals surface area contributed by atoms with Crippen molar-refractivity contribution >= 4 is 34.1 Å². The van der Waals surface area contributed by atoms with Gasteiger partial charge in [-0.3, -0.25) is 14.2 Å². The number of carbonyl (C=O) groups excluding carboxylic acids is 1. The molecule has 1 heterocycles. The van der Waals surface area contributed by atoms with Crippen LogP contribution in [0.4, 0.5) is 5.69 Å². The molecule has 142 valence electrons. The molecule has 0 saturated carbocycles. The molecule has 0 bridgehead atoms. The Balaban J connectivity index is 1.94. The van der Waals surface area contributed by atoms with Crippen LogP contribution in [0.15, 0.2) is 47.5 Å². The Bertz CT molecular complexity index is 1150. The monoisotopic (exact) mass is 394 g/mol. The van der Waals surface area contributed by atoms with E-state index in [1.807, 2.05) is 32.0 Å². The Labute approximate surface area is 167 Å². The molecule has 0 N–H and O–H groups in total. The quantitative estimate of drug-likeness (QED) is 0.662. The summed E-state index contributed by atoms with van der Waals surface area (Å²) >= 11 is 5.98. The van der Waals surface area contributed by atoms with Gasteiger partial charge < -0.3 is 4.90 Å². The van der Waals surface area contributed by atoms with E-state index in [9.17, 15) is 9.59 Å². The molecular formula is C21H19ClN4O2. The van der Waals surface area contributed by atoms with Crippen LogP contribution in [-0.2, 0) is 11.3 Å². The van der Waals surface area contributed by atoms with E-state index in [-0.39, 0.29) is 31.0 Å². The van der Waals surface area contributed by atoms with Crippen molar-refractivity contribution in [2.45, 2.75) is 26.8 Å². The number of fused-ring (bicyclic) bond motifs is 1. The molecule has 0 aliphatic rings. The number of hydrogen-bond acceptors (Lipinski definition) is 4. The Hall–Kier alpha value is -3.17. The van der Waals surface area contributed by atoms with E-state index in [0.717, 1.165) is 11.1 Å². The Kier molecular flexibility index (Phi) is 5.76. The molecule has 0 fully saturated rings. The van der Waals surface area contributed by atoms with Crippen molar-refractivity contribution in [3.8, 4) is 6.07 Å². The fourth-order valence-corrected chi connectivity index (χ4v) is 3.10. The maximum Gasteiger partial charge on any atom is 0.261 e. The number of aromatic nitrogens is 2. The topological polar surface area (TPSA) is 79.0 Å². The standard InChI is InChI=1S/C21H19ClN4O2/c1-14-4-6-17(10-15(14)2)26(9-3-8-23)20(27)12-25-13-24-19-7-5-16(22)11-18(19)21(25)28/h4-7,10-11,13H,3,9,12H2,1-2H3. The number of benzene rings is 2. The first kappa shape index (κ1) is 19.6. The zero-order chi connectivity index (χ0) is 20.3. The minimum Gasteiger partial charge on any atom is -0.310 e. The van der Waals surface area contributed by atoms with Crippen molar-refractivity contribution < 1.29 is 4.79 Å². The molecule has 0 unspecified atom stereocenters. The van der Waals surface area contributed by atoms with E-state index < -0.39 is 0 Å². The predicted molar refractivity (Wildman–Crippen MR) is 110 cm³/mol. The van der Waals surface area contributed by atoms with Gasteiger partial charge >= 0.3 is 0 Å². The number of carbonyl (C=O) groups is 1. The van der Waals surface area contributed by atoms with Crippen molar-refractivity contribution in [2.75, 3.05) is 11.4 Å². The van der Waals surface area contributed by atoms with Gasteiger partial charge in [-0.15, -0.1) is 0 Å². The summed E-state index contributed by atoms with van der Waals surface area (Å²) < 4.78 is 1.27. The van der Waals surface area contributed by atoms with Gasteiger partial charge in [0.1, 0.15) is 6.54 Å². The molecule has 1 amide bonds. The molecule has 2 aromatic carbocycles. The number of hydrogen-bond donors (Lipinski definition) is 0. The van der Waals surface area contributed by atoms with Crippen LogP contribution in [0.2, 0.25) is 5.02 Å². The van der Waals surface area contributed by atoms with Gasteiger partial charge in [0.15, 0.2) is 0 Å². The lowest BCUT2D eigenvalue weighted by Crippen LogP contribution is -2.37. The number of halogens is 1. The van der Waals surface area contributed by atoms with Gasteiger partial charge in [-0.05, 0) is 55.3 Å². The molecule has 0 aliphatic heterocycles. The van der Waals surface area contributed by atoms with Crippen LogP contribution in [0, 0.1) is 25.2 Å². The van der Waals surface area contributed by atoms with E-state index >= 15 is 0 Å². The zero-order valence-electron chi connectivity index (χ0n) is 15.6. The molecule has 0 spiro atoms. The Morgan fingerprint density at radius 1 is 1.21 bits per heavy atom. The molecule has 3 aromatic rings. The summed E-state index contributed by atoms with van der Waals surface area (Å²) in [5.41, 5.74) is 3.05. The highest BCUT2D eigenvalue weighted by Gasteiger charge is 2.18. The zero-order valence-corrected chi connectivity index (χ0v) is 16.4. The van der Waals surface area contributed by atoms with Crippen LogP contribution in [-0.4, -0.2) is 22.0 Å². The van der Waals surface area contributed by atoms with Crippen LogP contribution in [0.1, 0.15) is 17.5 Å². The van der Waals surface area contributed by atoms with Gasteiger partial charge in [-0.25, -0.2) is 4.98 Å². The highest BCUT2D eigenvalue weighted by Crippen LogP contribution is 2.20. The number of amides is 1. The Morgan fingerprint density at radius 3 is 2.71 bits per heavy atom. The number of aryl methyl sites for hydroxylation is 2. The average Bonchev–Trinajstić information content (AvgIpc) is 2.67. The predicted octanol–water partition coefficient (Wildman–Crippen LogP) is 3.61. The SMILES string of the molecule is Cc1ccc(N(CCC#N)C(=O)Cn2cnc3ccc(Cl)cc3c2=O)cc1C. The van der Waals surface area contributed by atoms with E-state index in [4.69, 9.17) is 16.9 Å². The van der Waals surface area contributed by atoms with Gasteiger partial charge in [0.25, 0.3) is 5.56 Å². The van der Waals surface area contributed by atoms with Gasteiger partial charge in [-0.1, -0.05) is 17.7 Å². The third-order valence-corrected chi connectivity index (χ3v) is 4.88. The van der Waals surface area contributed by atoms with Gasteiger partial charge in [0.05, 0.1) is 29.7 Å². The molecule has 0 saturated heterocycles. The van der Waals surface area contributed by atoms with Crippen molar-refractivity contribution in [2.24, 2.45) is 0 Å². The van der Waals surface area contributed by atoms with E-state index in [2.05, 4.69) is 11.1 Å². The van der Waals surface area contributed by atoms with Gasteiger partial charge in [0, 0.05) is 17.3 Å². The van der Waals surface area contributed by atoms with Gasteiger partial charge in [0.2, 0.25) is 5.91 Å². The molecule has 6 nitrogen and oxygen atoms in total. The molecule has 3 rings (SSSR count). The fraction of sp³-hybridized carbons (Fsp3) is 0.238. The van der Waals surface area contributed by atoms with Gasteiger partial charge in [-0.2, -0.15) is 5.26 Å². The average molecular weight is 395 g/mol. The van der Waals surface area contributed by atoms with Crippen LogP contribution in [0.3, 0.4) is 0 Å². The molecule has 0 radical (unpaired) electrons. The largest absolute Gasteiger partial charge is 0.310 e. The minimum atomic E-state index is -0.332. The summed E-state index contributed by atoms with van der Waals surface area (Å²) in [5, 5.41) is 9.75. The minimum absolute atomic E-state index is 0.174. The van der Waals surface area contributed by atoms with Crippen LogP contribution < -0.4 is 10.5 Å². The van der Waals surface area contributed by atoms with Crippen molar-refractivity contribution in [1.29, 1.82) is 5.26 Å². The van der Waals surface area contributed by atoms with Crippen molar-refractivity contribution in [3.05, 3.63) is 69.2 Å². The number of nitriles is 1. The van der Waals surface area contributed by atoms with E-state index in [1.165, 1.54) is 15.8 Å². The molecule has 0 atom stereocenters. The first-order valence-electron chi connectivity index (χ1n) is 8.80.